The van der Waals surface area contributed by atoms with Crippen LogP contribution in [-0.2, 0) is 6.42 Å². The predicted octanol–water partition coefficient (Wildman–Crippen LogP) is 5.98. The molecule has 0 unspecified atom stereocenters. The Labute approximate surface area is 192 Å². The molecule has 0 aliphatic carbocycles. The van der Waals surface area contributed by atoms with E-state index in [-0.39, 0.29) is 30.8 Å². The van der Waals surface area contributed by atoms with Gasteiger partial charge in [0.2, 0.25) is 5.88 Å². The highest BCUT2D eigenvalue weighted by molar-refractivity contribution is 6.31. The first-order chi connectivity index (χ1) is 13.5. The number of aryl methyl sites for hydroxylation is 2. The van der Waals surface area contributed by atoms with Crippen molar-refractivity contribution in [1.82, 2.24) is 9.97 Å². The second-order valence-electron chi connectivity index (χ2n) is 6.64. The van der Waals surface area contributed by atoms with Gasteiger partial charge in [-0.1, -0.05) is 17.7 Å². The molecule has 4 rings (SSSR count). The number of urea groups is 1. The van der Waals surface area contributed by atoms with Crippen LogP contribution in [0.1, 0.15) is 16.8 Å². The van der Waals surface area contributed by atoms with Gasteiger partial charge in [0.05, 0.1) is 23.3 Å². The molecular weight excluding hydrogens is 447 g/mol. The Hall–Kier alpha value is -2.54. The second kappa shape index (κ2) is 9.98. The number of nitrogens with one attached hydrogen (secondary N) is 1. The fourth-order valence-corrected chi connectivity index (χ4v) is 3.30. The number of anilines is 2. The summed E-state index contributed by atoms with van der Waals surface area (Å²) >= 11 is 6.23. The fraction of sp³-hybridized carbons (Fsp3) is 0.190. The monoisotopic (exact) mass is 466 g/mol. The molecule has 1 aliphatic heterocycles. The van der Waals surface area contributed by atoms with Gasteiger partial charge in [0.15, 0.2) is 5.75 Å². The average Bonchev–Trinajstić information content (AvgIpc) is 3.08. The summed E-state index contributed by atoms with van der Waals surface area (Å²) in [4.78, 5) is 22.8. The van der Waals surface area contributed by atoms with Gasteiger partial charge in [-0.25, -0.2) is 9.78 Å². The molecule has 158 valence electrons. The molecule has 6 nitrogen and oxygen atoms in total. The minimum absolute atomic E-state index is 0. The maximum atomic E-state index is 12.7. The Morgan fingerprint density at radius 1 is 1.17 bits per heavy atom. The summed E-state index contributed by atoms with van der Waals surface area (Å²) in [5.41, 5.74) is 4.38. The molecule has 0 spiro atoms. The van der Waals surface area contributed by atoms with Crippen LogP contribution in [0.2, 0.25) is 5.02 Å². The summed E-state index contributed by atoms with van der Waals surface area (Å²) in [6.45, 7) is 4.45. The van der Waals surface area contributed by atoms with Crippen LogP contribution in [0.4, 0.5) is 16.2 Å². The third-order valence-electron chi connectivity index (χ3n) is 4.66. The van der Waals surface area contributed by atoms with Crippen LogP contribution in [0.3, 0.4) is 0 Å². The number of carbonyl (C=O) groups excluding carboxylic acids is 1. The van der Waals surface area contributed by atoms with E-state index in [0.29, 0.717) is 28.9 Å². The molecule has 0 saturated carbocycles. The van der Waals surface area contributed by atoms with Crippen LogP contribution in [0.5, 0.6) is 11.6 Å². The quantitative estimate of drug-likeness (QED) is 0.515. The highest BCUT2D eigenvalue weighted by Gasteiger charge is 2.25. The Kier molecular flexibility index (Phi) is 7.89. The maximum Gasteiger partial charge on any atom is 0.326 e. The average molecular weight is 468 g/mol. The highest BCUT2D eigenvalue weighted by atomic mass is 35.5. The van der Waals surface area contributed by atoms with Crippen LogP contribution in [-0.4, -0.2) is 22.5 Å². The lowest BCUT2D eigenvalue weighted by Gasteiger charge is -2.18. The number of nitrogens with zero attached hydrogens (tertiary/aromatic N) is 3. The first-order valence-electron chi connectivity index (χ1n) is 8.94. The van der Waals surface area contributed by atoms with Crippen molar-refractivity contribution >= 4 is 53.8 Å². The number of rotatable bonds is 3. The third-order valence-corrected chi connectivity index (χ3v) is 5.07. The smallest absolute Gasteiger partial charge is 0.326 e. The van der Waals surface area contributed by atoms with Gasteiger partial charge in [-0.2, -0.15) is 0 Å². The zero-order chi connectivity index (χ0) is 19.7. The number of hydrogen-bond donors (Lipinski definition) is 1. The third kappa shape index (κ3) is 4.95. The first-order valence-corrected chi connectivity index (χ1v) is 9.32. The molecule has 0 atom stereocenters. The first kappa shape index (κ1) is 23.7. The van der Waals surface area contributed by atoms with Gasteiger partial charge in [0.25, 0.3) is 0 Å². The van der Waals surface area contributed by atoms with Crippen molar-refractivity contribution in [1.29, 1.82) is 0 Å². The van der Waals surface area contributed by atoms with E-state index in [2.05, 4.69) is 15.3 Å². The SMILES string of the molecule is Cc1cc2c(cc1Cl)N(C(=O)Nc1ccc(Oc3cccnc3C)nc1)CC2.Cl.Cl. The standard InChI is InChI=1S/C21H19ClN4O2.2ClH/c1-13-10-15-7-9-26(18(15)11-17(13)22)21(27)25-16-5-6-20(24-12-16)28-19-4-3-8-23-14(19)2;;/h3-6,8,10-12H,7,9H2,1-2H3,(H,25,27);2*1H. The summed E-state index contributed by atoms with van der Waals surface area (Å²) < 4.78 is 5.73. The molecule has 9 heteroatoms. The summed E-state index contributed by atoms with van der Waals surface area (Å²) in [5.74, 6) is 1.08. The van der Waals surface area contributed by atoms with Crippen LogP contribution < -0.4 is 15.0 Å². The normalized spacial score (nSPS) is 11.8. The molecule has 1 aromatic carbocycles. The Balaban J connectivity index is 0.00000160. The molecule has 0 saturated heterocycles. The Morgan fingerprint density at radius 2 is 1.97 bits per heavy atom. The van der Waals surface area contributed by atoms with Crippen molar-refractivity contribution in [3.8, 4) is 11.6 Å². The minimum atomic E-state index is -0.211. The Morgan fingerprint density at radius 3 is 2.67 bits per heavy atom. The van der Waals surface area contributed by atoms with Gasteiger partial charge in [0, 0.05) is 23.8 Å². The zero-order valence-corrected chi connectivity index (χ0v) is 18.8. The number of hydrogen-bond acceptors (Lipinski definition) is 4. The van der Waals surface area contributed by atoms with E-state index in [0.717, 1.165) is 28.9 Å². The molecule has 1 aliphatic rings. The maximum absolute atomic E-state index is 12.7. The molecule has 0 radical (unpaired) electrons. The lowest BCUT2D eigenvalue weighted by molar-refractivity contribution is 0.257. The summed E-state index contributed by atoms with van der Waals surface area (Å²) in [6.07, 6.45) is 4.09. The van der Waals surface area contributed by atoms with E-state index in [1.807, 2.05) is 32.0 Å². The van der Waals surface area contributed by atoms with Crippen molar-refractivity contribution < 1.29 is 9.53 Å². The number of fused-ring (bicyclic) bond motifs is 1. The topological polar surface area (TPSA) is 67.4 Å². The van der Waals surface area contributed by atoms with Crippen LogP contribution in [0, 0.1) is 13.8 Å². The fourth-order valence-electron chi connectivity index (χ4n) is 3.14. The summed E-state index contributed by atoms with van der Waals surface area (Å²) in [5, 5.41) is 3.53. The number of ether oxygens (including phenoxy) is 1. The minimum Gasteiger partial charge on any atom is -0.437 e. The van der Waals surface area contributed by atoms with Gasteiger partial charge >= 0.3 is 6.03 Å². The largest absolute Gasteiger partial charge is 0.437 e. The molecule has 0 fully saturated rings. The van der Waals surface area contributed by atoms with E-state index in [9.17, 15) is 4.79 Å². The lowest BCUT2D eigenvalue weighted by atomic mass is 10.1. The molecule has 30 heavy (non-hydrogen) atoms. The van der Waals surface area contributed by atoms with Crippen molar-refractivity contribution in [3.63, 3.8) is 0 Å². The molecule has 1 N–H and O–H groups in total. The van der Waals surface area contributed by atoms with Crippen molar-refractivity contribution in [2.45, 2.75) is 20.3 Å². The number of aromatic nitrogens is 2. The van der Waals surface area contributed by atoms with Crippen LogP contribution in [0.15, 0.2) is 48.8 Å². The van der Waals surface area contributed by atoms with E-state index < -0.39 is 0 Å². The number of carbonyl (C=O) groups is 1. The molecule has 2 aromatic heterocycles. The van der Waals surface area contributed by atoms with Gasteiger partial charge in [-0.05, 0) is 55.7 Å². The molecule has 3 heterocycles. The van der Waals surface area contributed by atoms with Crippen molar-refractivity contribution in [2.24, 2.45) is 0 Å². The summed E-state index contributed by atoms with van der Waals surface area (Å²) in [7, 11) is 0. The highest BCUT2D eigenvalue weighted by Crippen LogP contribution is 2.33. The zero-order valence-electron chi connectivity index (χ0n) is 16.4. The van der Waals surface area contributed by atoms with Gasteiger partial charge in [0.1, 0.15) is 0 Å². The molecule has 3 aromatic rings. The summed E-state index contributed by atoms with van der Waals surface area (Å²) in [6, 6.07) is 10.8. The van der Waals surface area contributed by atoms with Gasteiger partial charge in [-0.3, -0.25) is 9.88 Å². The predicted molar refractivity (Wildman–Crippen MR) is 124 cm³/mol. The molecule has 0 bridgehead atoms. The van der Waals surface area contributed by atoms with Crippen molar-refractivity contribution in [2.75, 3.05) is 16.8 Å². The van der Waals surface area contributed by atoms with Crippen LogP contribution in [0.25, 0.3) is 0 Å². The lowest BCUT2D eigenvalue weighted by Crippen LogP contribution is -2.33. The van der Waals surface area contributed by atoms with E-state index in [1.54, 1.807) is 35.5 Å². The van der Waals surface area contributed by atoms with E-state index in [4.69, 9.17) is 16.3 Å². The number of amides is 2. The van der Waals surface area contributed by atoms with Crippen molar-refractivity contribution in [3.05, 3.63) is 70.6 Å². The molecular formula is C21H21Cl3N4O2. The van der Waals surface area contributed by atoms with E-state index in [1.165, 1.54) is 0 Å². The number of pyridine rings is 2. The molecule has 2 amide bonds. The second-order valence-corrected chi connectivity index (χ2v) is 7.04. The number of benzene rings is 1. The Bertz CT molecular complexity index is 1040. The van der Waals surface area contributed by atoms with Crippen LogP contribution >= 0.6 is 36.4 Å². The van der Waals surface area contributed by atoms with Gasteiger partial charge < -0.3 is 10.1 Å². The van der Waals surface area contributed by atoms with E-state index >= 15 is 0 Å². The number of halogens is 3. The van der Waals surface area contributed by atoms with Gasteiger partial charge in [-0.15, -0.1) is 24.8 Å².